The van der Waals surface area contributed by atoms with Crippen molar-refractivity contribution in [1.82, 2.24) is 5.32 Å². The van der Waals surface area contributed by atoms with E-state index >= 15 is 0 Å². The highest BCUT2D eigenvalue weighted by Gasteiger charge is 2.20. The third-order valence-corrected chi connectivity index (χ3v) is 4.24. The van der Waals surface area contributed by atoms with Gasteiger partial charge in [0.05, 0.1) is 17.7 Å². The van der Waals surface area contributed by atoms with E-state index in [2.05, 4.69) is 5.32 Å². The Morgan fingerprint density at radius 1 is 1.18 bits per heavy atom. The lowest BCUT2D eigenvalue weighted by Crippen LogP contribution is -2.30. The second-order valence-corrected chi connectivity index (χ2v) is 5.67. The fraction of sp³-hybridized carbons (Fsp3) is 0.118. The summed E-state index contributed by atoms with van der Waals surface area (Å²) in [4.78, 5) is 13.1. The Balaban J connectivity index is 1.83. The third kappa shape index (κ3) is 2.95. The normalized spacial score (nSPS) is 12.0. The van der Waals surface area contributed by atoms with Gasteiger partial charge >= 0.3 is 0 Å². The van der Waals surface area contributed by atoms with Crippen LogP contribution in [0.25, 0.3) is 11.1 Å². The maximum Gasteiger partial charge on any atom is 0.262 e. The lowest BCUT2D eigenvalue weighted by molar-refractivity contribution is 0.0912. The molecule has 1 atom stereocenters. The van der Waals surface area contributed by atoms with E-state index in [1.165, 1.54) is 17.6 Å². The number of carbonyl (C=O) groups excluding carboxylic acids is 1. The molecule has 112 valence electrons. The van der Waals surface area contributed by atoms with Gasteiger partial charge in [-0.15, -0.1) is 11.3 Å². The minimum Gasteiger partial charge on any atom is -0.467 e. The molecule has 22 heavy (non-hydrogen) atoms. The molecule has 1 unspecified atom stereocenters. The number of thiophene rings is 1. The smallest absolute Gasteiger partial charge is 0.262 e. The van der Waals surface area contributed by atoms with Crippen LogP contribution in [0.4, 0.5) is 0 Å². The predicted octanol–water partition coefficient (Wildman–Crippen LogP) is 3.47. The highest BCUT2D eigenvalue weighted by Crippen LogP contribution is 2.28. The van der Waals surface area contributed by atoms with Gasteiger partial charge in [-0.2, -0.15) is 0 Å². The first-order valence-corrected chi connectivity index (χ1v) is 7.75. The quantitative estimate of drug-likeness (QED) is 0.758. The fourth-order valence-corrected chi connectivity index (χ4v) is 3.07. The molecule has 0 saturated heterocycles. The monoisotopic (exact) mass is 313 g/mol. The number of hydrogen-bond acceptors (Lipinski definition) is 4. The Labute approximate surface area is 132 Å². The molecule has 1 amide bonds. The number of amides is 1. The molecule has 0 aliphatic rings. The van der Waals surface area contributed by atoms with Crippen LogP contribution in [0.2, 0.25) is 0 Å². The summed E-state index contributed by atoms with van der Waals surface area (Å²) in [5.41, 5.74) is 1.88. The Morgan fingerprint density at radius 2 is 2.00 bits per heavy atom. The molecule has 0 saturated carbocycles. The van der Waals surface area contributed by atoms with Crippen LogP contribution in [0.1, 0.15) is 21.5 Å². The van der Waals surface area contributed by atoms with Gasteiger partial charge in [-0.25, -0.2) is 0 Å². The van der Waals surface area contributed by atoms with E-state index in [1.807, 2.05) is 41.8 Å². The first-order valence-electron chi connectivity index (χ1n) is 6.87. The van der Waals surface area contributed by atoms with Gasteiger partial charge in [0.2, 0.25) is 0 Å². The maximum absolute atomic E-state index is 12.5. The Bertz CT molecular complexity index is 734. The molecular formula is C17H15NO3S. The van der Waals surface area contributed by atoms with Crippen molar-refractivity contribution < 1.29 is 14.3 Å². The topological polar surface area (TPSA) is 62.5 Å². The molecule has 4 nitrogen and oxygen atoms in total. The first kappa shape index (κ1) is 14.6. The summed E-state index contributed by atoms with van der Waals surface area (Å²) < 4.78 is 5.25. The molecule has 0 aliphatic carbocycles. The zero-order valence-corrected chi connectivity index (χ0v) is 12.5. The van der Waals surface area contributed by atoms with Gasteiger partial charge < -0.3 is 14.8 Å². The van der Waals surface area contributed by atoms with Crippen molar-refractivity contribution in [2.24, 2.45) is 0 Å². The van der Waals surface area contributed by atoms with Crippen LogP contribution in [-0.2, 0) is 0 Å². The van der Waals surface area contributed by atoms with Gasteiger partial charge in [-0.05, 0) is 29.1 Å². The molecule has 2 N–H and O–H groups in total. The first-order chi connectivity index (χ1) is 10.8. The van der Waals surface area contributed by atoms with Crippen molar-refractivity contribution in [2.75, 3.05) is 6.61 Å². The van der Waals surface area contributed by atoms with E-state index < -0.39 is 6.04 Å². The van der Waals surface area contributed by atoms with Crippen molar-refractivity contribution in [3.8, 4) is 11.1 Å². The maximum atomic E-state index is 12.5. The van der Waals surface area contributed by atoms with Gasteiger partial charge in [-0.3, -0.25) is 4.79 Å². The SMILES string of the molecule is O=C(NC(CO)c1ccco1)c1sccc1-c1ccccc1. The van der Waals surface area contributed by atoms with Crippen LogP contribution in [0, 0.1) is 0 Å². The molecule has 2 aromatic heterocycles. The van der Waals surface area contributed by atoms with Crippen LogP contribution in [0.3, 0.4) is 0 Å². The summed E-state index contributed by atoms with van der Waals surface area (Å²) in [6, 6.07) is 14.6. The van der Waals surface area contributed by atoms with Crippen LogP contribution in [0.5, 0.6) is 0 Å². The van der Waals surface area contributed by atoms with Gasteiger partial charge in [0.25, 0.3) is 5.91 Å². The minimum atomic E-state index is -0.548. The van der Waals surface area contributed by atoms with Crippen LogP contribution < -0.4 is 5.32 Å². The zero-order chi connectivity index (χ0) is 15.4. The number of furan rings is 1. The predicted molar refractivity (Wildman–Crippen MR) is 85.8 cm³/mol. The number of carbonyl (C=O) groups is 1. The molecule has 3 aromatic rings. The van der Waals surface area contributed by atoms with Crippen molar-refractivity contribution in [3.63, 3.8) is 0 Å². The lowest BCUT2D eigenvalue weighted by atomic mass is 10.1. The molecule has 0 bridgehead atoms. The zero-order valence-electron chi connectivity index (χ0n) is 11.7. The number of aliphatic hydroxyl groups excluding tert-OH is 1. The van der Waals surface area contributed by atoms with Gasteiger partial charge in [0, 0.05) is 5.56 Å². The highest BCUT2D eigenvalue weighted by molar-refractivity contribution is 7.12. The molecule has 0 spiro atoms. The Kier molecular flexibility index (Phi) is 4.37. The Morgan fingerprint density at radius 3 is 2.68 bits per heavy atom. The van der Waals surface area contributed by atoms with Crippen molar-refractivity contribution >= 4 is 17.2 Å². The van der Waals surface area contributed by atoms with Crippen molar-refractivity contribution in [1.29, 1.82) is 0 Å². The molecule has 0 fully saturated rings. The summed E-state index contributed by atoms with van der Waals surface area (Å²) in [6.07, 6.45) is 1.52. The van der Waals surface area contributed by atoms with E-state index in [0.717, 1.165) is 11.1 Å². The second-order valence-electron chi connectivity index (χ2n) is 4.75. The second kappa shape index (κ2) is 6.60. The Hall–Kier alpha value is -2.37. The lowest BCUT2D eigenvalue weighted by Gasteiger charge is -2.14. The number of rotatable bonds is 5. The minimum absolute atomic E-state index is 0.217. The highest BCUT2D eigenvalue weighted by atomic mass is 32.1. The summed E-state index contributed by atoms with van der Waals surface area (Å²) in [7, 11) is 0. The molecule has 5 heteroatoms. The van der Waals surface area contributed by atoms with Gasteiger partial charge in [0.1, 0.15) is 11.8 Å². The van der Waals surface area contributed by atoms with E-state index in [-0.39, 0.29) is 12.5 Å². The standard InChI is InChI=1S/C17H15NO3S/c19-11-14(15-7-4-9-21-15)18-17(20)16-13(8-10-22-16)12-5-2-1-3-6-12/h1-10,14,19H,11H2,(H,18,20). The third-order valence-electron chi connectivity index (χ3n) is 3.33. The van der Waals surface area contributed by atoms with E-state index in [9.17, 15) is 9.90 Å². The number of nitrogens with one attached hydrogen (secondary N) is 1. The summed E-state index contributed by atoms with van der Waals surface area (Å²) in [5, 5.41) is 14.2. The van der Waals surface area contributed by atoms with Crippen LogP contribution in [-0.4, -0.2) is 17.6 Å². The number of hydrogen-bond donors (Lipinski definition) is 2. The van der Waals surface area contributed by atoms with Gasteiger partial charge in [0.15, 0.2) is 0 Å². The summed E-state index contributed by atoms with van der Waals surface area (Å²) in [5.74, 6) is 0.318. The van der Waals surface area contributed by atoms with Crippen LogP contribution >= 0.6 is 11.3 Å². The molecular weight excluding hydrogens is 298 g/mol. The fourth-order valence-electron chi connectivity index (χ4n) is 2.25. The molecule has 3 rings (SSSR count). The molecule has 0 radical (unpaired) electrons. The van der Waals surface area contributed by atoms with Crippen molar-refractivity contribution in [3.05, 3.63) is 70.8 Å². The number of benzene rings is 1. The van der Waals surface area contributed by atoms with Crippen LogP contribution in [0.15, 0.2) is 64.6 Å². The largest absolute Gasteiger partial charge is 0.467 e. The average molecular weight is 313 g/mol. The molecule has 2 heterocycles. The number of aliphatic hydroxyl groups is 1. The van der Waals surface area contributed by atoms with E-state index in [4.69, 9.17) is 4.42 Å². The summed E-state index contributed by atoms with van der Waals surface area (Å²) >= 11 is 1.38. The average Bonchev–Trinajstić information content (AvgIpc) is 3.24. The molecule has 1 aromatic carbocycles. The van der Waals surface area contributed by atoms with E-state index in [0.29, 0.717) is 10.6 Å². The van der Waals surface area contributed by atoms with Gasteiger partial charge in [-0.1, -0.05) is 30.3 Å². The van der Waals surface area contributed by atoms with E-state index in [1.54, 1.807) is 12.1 Å². The molecule has 0 aliphatic heterocycles. The van der Waals surface area contributed by atoms with Crippen molar-refractivity contribution in [2.45, 2.75) is 6.04 Å². The summed E-state index contributed by atoms with van der Waals surface area (Å²) in [6.45, 7) is -0.217.